The fourth-order valence-electron chi connectivity index (χ4n) is 2.07. The second kappa shape index (κ2) is 7.90. The van der Waals surface area contributed by atoms with E-state index in [-0.39, 0.29) is 0 Å². The molecule has 0 atom stereocenters. The van der Waals surface area contributed by atoms with E-state index in [1.807, 2.05) is 12.3 Å². The van der Waals surface area contributed by atoms with E-state index < -0.39 is 0 Å². The lowest BCUT2D eigenvalue weighted by Crippen LogP contribution is -2.28. The van der Waals surface area contributed by atoms with Gasteiger partial charge in [-0.05, 0) is 32.8 Å². The molecule has 0 aliphatic carbocycles. The summed E-state index contributed by atoms with van der Waals surface area (Å²) in [6.45, 7) is 12.7. The lowest BCUT2D eigenvalue weighted by atomic mass is 10.3. The molecule has 0 spiro atoms. The maximum absolute atomic E-state index is 4.69. The van der Waals surface area contributed by atoms with Crippen molar-refractivity contribution in [3.63, 3.8) is 0 Å². The van der Waals surface area contributed by atoms with E-state index in [0.29, 0.717) is 0 Å². The summed E-state index contributed by atoms with van der Waals surface area (Å²) >= 11 is 0. The largest absolute Gasteiger partial charge is 0.357 e. The Balaban J connectivity index is 2.90. The maximum Gasteiger partial charge on any atom is 0.227 e. The average Bonchev–Trinajstić information content (AvgIpc) is 2.40. The molecule has 1 heterocycles. The second-order valence-electron chi connectivity index (χ2n) is 4.37. The molecule has 1 aromatic heterocycles. The van der Waals surface area contributed by atoms with E-state index in [2.05, 4.69) is 42.5 Å². The number of aromatic nitrogens is 2. The Hall–Kier alpha value is -1.32. The van der Waals surface area contributed by atoms with Gasteiger partial charge in [0.2, 0.25) is 5.95 Å². The monoisotopic (exact) mass is 250 g/mol. The summed E-state index contributed by atoms with van der Waals surface area (Å²) in [6.07, 6.45) is 4.12. The Labute approximate surface area is 111 Å². The fraction of sp³-hybridized carbons (Fsp3) is 0.714. The van der Waals surface area contributed by atoms with Gasteiger partial charge in [0.05, 0.1) is 0 Å². The number of hydrogen-bond donors (Lipinski definition) is 0. The summed E-state index contributed by atoms with van der Waals surface area (Å²) in [6, 6.07) is 1.99. The van der Waals surface area contributed by atoms with E-state index in [9.17, 15) is 0 Å². The summed E-state index contributed by atoms with van der Waals surface area (Å²) in [5.41, 5.74) is 0. The maximum atomic E-state index is 4.69. The molecule has 0 aliphatic heterocycles. The summed E-state index contributed by atoms with van der Waals surface area (Å²) in [5.74, 6) is 1.89. The normalized spacial score (nSPS) is 10.4. The summed E-state index contributed by atoms with van der Waals surface area (Å²) < 4.78 is 0. The van der Waals surface area contributed by atoms with Crippen molar-refractivity contribution in [2.24, 2.45) is 0 Å². The third-order valence-corrected chi connectivity index (χ3v) is 2.99. The molecule has 0 aliphatic rings. The van der Waals surface area contributed by atoms with Crippen LogP contribution in [0.2, 0.25) is 0 Å². The summed E-state index contributed by atoms with van der Waals surface area (Å²) in [4.78, 5) is 13.6. The van der Waals surface area contributed by atoms with E-state index >= 15 is 0 Å². The molecule has 1 rings (SSSR count). The van der Waals surface area contributed by atoms with Crippen molar-refractivity contribution in [3.05, 3.63) is 12.3 Å². The molecule has 4 nitrogen and oxygen atoms in total. The highest BCUT2D eigenvalue weighted by Crippen LogP contribution is 2.15. The van der Waals surface area contributed by atoms with Gasteiger partial charge in [0.1, 0.15) is 5.82 Å². The number of anilines is 2. The molecule has 1 aromatic rings. The average molecular weight is 250 g/mol. The highest BCUT2D eigenvalue weighted by molar-refractivity contribution is 5.43. The third-order valence-electron chi connectivity index (χ3n) is 2.99. The number of hydrogen-bond acceptors (Lipinski definition) is 4. The van der Waals surface area contributed by atoms with Crippen molar-refractivity contribution >= 4 is 11.8 Å². The minimum absolute atomic E-state index is 0.864. The highest BCUT2D eigenvalue weighted by atomic mass is 15.3. The van der Waals surface area contributed by atoms with Crippen LogP contribution in [0.3, 0.4) is 0 Å². The van der Waals surface area contributed by atoms with E-state index in [1.165, 1.54) is 0 Å². The molecule has 4 heteroatoms. The lowest BCUT2D eigenvalue weighted by molar-refractivity contribution is 0.717. The van der Waals surface area contributed by atoms with Crippen LogP contribution in [0.4, 0.5) is 11.8 Å². The first-order chi connectivity index (χ1) is 8.76. The first-order valence-corrected chi connectivity index (χ1v) is 7.09. The summed E-state index contributed by atoms with van der Waals surface area (Å²) in [7, 11) is 0. The predicted molar refractivity (Wildman–Crippen MR) is 78.4 cm³/mol. The molecule has 0 fully saturated rings. The van der Waals surface area contributed by atoms with Gasteiger partial charge in [0, 0.05) is 32.4 Å². The topological polar surface area (TPSA) is 32.3 Å². The van der Waals surface area contributed by atoms with Gasteiger partial charge in [0.25, 0.3) is 0 Å². The Morgan fingerprint density at radius 3 is 2.06 bits per heavy atom. The van der Waals surface area contributed by atoms with Crippen molar-refractivity contribution in [3.8, 4) is 0 Å². The zero-order valence-electron chi connectivity index (χ0n) is 12.2. The van der Waals surface area contributed by atoms with Crippen molar-refractivity contribution in [2.45, 2.75) is 40.5 Å². The highest BCUT2D eigenvalue weighted by Gasteiger charge is 2.10. The van der Waals surface area contributed by atoms with E-state index in [1.54, 1.807) is 0 Å². The predicted octanol–water partition coefficient (Wildman–Crippen LogP) is 2.95. The van der Waals surface area contributed by atoms with Gasteiger partial charge in [-0.1, -0.05) is 13.8 Å². The van der Waals surface area contributed by atoms with Crippen LogP contribution in [0, 0.1) is 0 Å². The molecule has 102 valence electrons. The van der Waals surface area contributed by atoms with Crippen LogP contribution in [-0.4, -0.2) is 36.1 Å². The van der Waals surface area contributed by atoms with E-state index in [0.717, 1.165) is 50.8 Å². The quantitative estimate of drug-likeness (QED) is 0.710. The van der Waals surface area contributed by atoms with Gasteiger partial charge < -0.3 is 9.80 Å². The van der Waals surface area contributed by atoms with Crippen LogP contribution in [0.5, 0.6) is 0 Å². The molecule has 0 unspecified atom stereocenters. The van der Waals surface area contributed by atoms with Crippen LogP contribution in [-0.2, 0) is 0 Å². The van der Waals surface area contributed by atoms with Gasteiger partial charge in [-0.25, -0.2) is 4.98 Å². The molecular formula is C14H26N4. The Morgan fingerprint density at radius 1 is 0.944 bits per heavy atom. The van der Waals surface area contributed by atoms with E-state index in [4.69, 9.17) is 4.98 Å². The number of nitrogens with zero attached hydrogens (tertiary/aromatic N) is 4. The van der Waals surface area contributed by atoms with Crippen LogP contribution >= 0.6 is 0 Å². The molecular weight excluding hydrogens is 224 g/mol. The smallest absolute Gasteiger partial charge is 0.227 e. The Kier molecular flexibility index (Phi) is 6.47. The van der Waals surface area contributed by atoms with Crippen LogP contribution in [0.1, 0.15) is 40.5 Å². The van der Waals surface area contributed by atoms with Gasteiger partial charge >= 0.3 is 0 Å². The first-order valence-electron chi connectivity index (χ1n) is 7.09. The van der Waals surface area contributed by atoms with Crippen molar-refractivity contribution in [1.29, 1.82) is 0 Å². The third kappa shape index (κ3) is 3.86. The zero-order valence-corrected chi connectivity index (χ0v) is 12.2. The SMILES string of the molecule is CCCN(CCC)c1nccc(N(CC)CC)n1. The molecule has 0 saturated heterocycles. The molecule has 0 aromatic carbocycles. The van der Waals surface area contributed by atoms with Gasteiger partial charge in [-0.2, -0.15) is 4.98 Å². The van der Waals surface area contributed by atoms with Crippen LogP contribution in [0.15, 0.2) is 12.3 Å². The molecule has 0 radical (unpaired) electrons. The zero-order chi connectivity index (χ0) is 13.4. The Morgan fingerprint density at radius 2 is 1.56 bits per heavy atom. The number of rotatable bonds is 8. The first kappa shape index (κ1) is 14.7. The standard InChI is InChI=1S/C14H26N4/c1-5-11-18(12-6-2)14-15-10-9-13(16-14)17(7-3)8-4/h9-10H,5-8,11-12H2,1-4H3. The lowest BCUT2D eigenvalue weighted by Gasteiger charge is -2.24. The molecule has 0 N–H and O–H groups in total. The molecule has 0 amide bonds. The van der Waals surface area contributed by atoms with Crippen molar-refractivity contribution < 1.29 is 0 Å². The summed E-state index contributed by atoms with van der Waals surface area (Å²) in [5, 5.41) is 0. The molecule has 0 bridgehead atoms. The van der Waals surface area contributed by atoms with Gasteiger partial charge in [0.15, 0.2) is 0 Å². The van der Waals surface area contributed by atoms with Crippen molar-refractivity contribution in [2.75, 3.05) is 36.0 Å². The van der Waals surface area contributed by atoms with Gasteiger partial charge in [-0.15, -0.1) is 0 Å². The minimum atomic E-state index is 0.864. The second-order valence-corrected chi connectivity index (χ2v) is 4.37. The fourth-order valence-corrected chi connectivity index (χ4v) is 2.07. The van der Waals surface area contributed by atoms with Crippen LogP contribution < -0.4 is 9.80 Å². The minimum Gasteiger partial charge on any atom is -0.357 e. The van der Waals surface area contributed by atoms with Crippen molar-refractivity contribution in [1.82, 2.24) is 9.97 Å². The van der Waals surface area contributed by atoms with Gasteiger partial charge in [-0.3, -0.25) is 0 Å². The Bertz CT molecular complexity index is 330. The molecule has 18 heavy (non-hydrogen) atoms. The van der Waals surface area contributed by atoms with Crippen LogP contribution in [0.25, 0.3) is 0 Å². The molecule has 0 saturated carbocycles.